The van der Waals surface area contributed by atoms with Crippen LogP contribution in [0.1, 0.15) is 13.8 Å². The molecule has 14 heavy (non-hydrogen) atoms. The average Bonchev–Trinajstić information content (AvgIpc) is 2.18. The second-order valence-corrected chi connectivity index (χ2v) is 5.20. The molecule has 0 rings (SSSR count). The van der Waals surface area contributed by atoms with Gasteiger partial charge in [0.2, 0.25) is 0 Å². The Morgan fingerprint density at radius 3 is 2.36 bits per heavy atom. The Balaban J connectivity index is 3.30. The van der Waals surface area contributed by atoms with Gasteiger partial charge in [-0.1, -0.05) is 0 Å². The Morgan fingerprint density at radius 1 is 1.21 bits per heavy atom. The van der Waals surface area contributed by atoms with E-state index < -0.39 is 0 Å². The summed E-state index contributed by atoms with van der Waals surface area (Å²) in [5.74, 6) is 2.23. The van der Waals surface area contributed by atoms with Gasteiger partial charge in [0.15, 0.2) is 0 Å². The Labute approximate surface area is 93.9 Å². The van der Waals surface area contributed by atoms with Crippen LogP contribution in [-0.4, -0.2) is 46.7 Å². The number of ether oxygens (including phenoxy) is 2. The van der Waals surface area contributed by atoms with Crippen molar-refractivity contribution in [3.05, 3.63) is 0 Å². The third kappa shape index (κ3) is 9.02. The van der Waals surface area contributed by atoms with E-state index in [0.29, 0.717) is 0 Å². The summed E-state index contributed by atoms with van der Waals surface area (Å²) in [6, 6.07) is 1.16. The van der Waals surface area contributed by atoms with Gasteiger partial charge in [0.05, 0.1) is 0 Å². The third-order valence-electron chi connectivity index (χ3n) is 1.46. The van der Waals surface area contributed by atoms with Crippen LogP contribution >= 0.6 is 11.8 Å². The molecule has 0 aromatic heterocycles. The van der Waals surface area contributed by atoms with Gasteiger partial charge >= 0.3 is 0 Å². The van der Waals surface area contributed by atoms with Crippen LogP contribution in [0.15, 0.2) is 0 Å². The van der Waals surface area contributed by atoms with Crippen LogP contribution in [0.4, 0.5) is 0 Å². The van der Waals surface area contributed by atoms with Gasteiger partial charge in [-0.15, -0.1) is 0 Å². The normalized spacial score (nSPS) is 11.1. The fourth-order valence-electron chi connectivity index (χ4n) is 0.903. The number of hydrogen-bond donors (Lipinski definition) is 1. The smallest absolute Gasteiger partial charge is 0.137 e. The summed E-state index contributed by atoms with van der Waals surface area (Å²) in [7, 11) is 0.742. The molecule has 0 atom stereocenters. The van der Waals surface area contributed by atoms with Crippen molar-refractivity contribution in [1.82, 2.24) is 0 Å². The molecule has 0 saturated heterocycles. The molecule has 0 aromatic carbocycles. The highest BCUT2D eigenvalue weighted by atomic mass is 32.2. The molecular formula is C9H21NO2SSi. The lowest BCUT2D eigenvalue weighted by Crippen LogP contribution is -2.24. The van der Waals surface area contributed by atoms with Crippen molar-refractivity contribution >= 4 is 21.3 Å². The molecule has 84 valence electrons. The van der Waals surface area contributed by atoms with E-state index in [1.54, 1.807) is 0 Å². The van der Waals surface area contributed by atoms with Gasteiger partial charge in [-0.05, 0) is 25.6 Å². The lowest BCUT2D eigenvalue weighted by molar-refractivity contribution is -0.0826. The van der Waals surface area contributed by atoms with E-state index in [-0.39, 0.29) is 5.91 Å². The molecule has 0 aliphatic rings. The standard InChI is InChI=1S/C9H21NO2SSi/c1-3-11-9(12-4-2)14-8-7-13-6-5-10/h9H,3-8,10H2,1-2H3. The Bertz CT molecular complexity index is 113. The number of nitrogens with two attached hydrogens (primary N) is 1. The van der Waals surface area contributed by atoms with Crippen molar-refractivity contribution in [2.24, 2.45) is 5.73 Å². The first-order valence-electron chi connectivity index (χ1n) is 5.09. The van der Waals surface area contributed by atoms with Gasteiger partial charge in [0, 0.05) is 25.5 Å². The van der Waals surface area contributed by atoms with Crippen LogP contribution < -0.4 is 5.73 Å². The van der Waals surface area contributed by atoms with E-state index in [4.69, 9.17) is 15.2 Å². The lowest BCUT2D eigenvalue weighted by Gasteiger charge is -2.15. The predicted molar refractivity (Wildman–Crippen MR) is 64.0 cm³/mol. The molecule has 3 nitrogen and oxygen atoms in total. The van der Waals surface area contributed by atoms with Crippen molar-refractivity contribution in [3.63, 3.8) is 0 Å². The maximum Gasteiger partial charge on any atom is 0.137 e. The Morgan fingerprint density at radius 2 is 1.86 bits per heavy atom. The number of rotatable bonds is 10. The molecule has 0 aromatic rings. The van der Waals surface area contributed by atoms with Crippen molar-refractivity contribution in [2.45, 2.75) is 25.8 Å². The molecule has 0 fully saturated rings. The average molecular weight is 235 g/mol. The van der Waals surface area contributed by atoms with E-state index >= 15 is 0 Å². The molecule has 2 N–H and O–H groups in total. The summed E-state index contributed by atoms with van der Waals surface area (Å²) in [4.78, 5) is 0. The summed E-state index contributed by atoms with van der Waals surface area (Å²) >= 11 is 1.90. The van der Waals surface area contributed by atoms with Crippen molar-refractivity contribution < 1.29 is 9.47 Å². The summed E-state index contributed by atoms with van der Waals surface area (Å²) in [5.41, 5.74) is 5.40. The first-order valence-corrected chi connectivity index (χ1v) is 7.53. The monoisotopic (exact) mass is 235 g/mol. The van der Waals surface area contributed by atoms with Crippen LogP contribution in [0, 0.1) is 0 Å². The largest absolute Gasteiger partial charge is 0.357 e. The molecular weight excluding hydrogens is 214 g/mol. The fraction of sp³-hybridized carbons (Fsp3) is 1.00. The number of thioether (sulfide) groups is 1. The summed E-state index contributed by atoms with van der Waals surface area (Å²) in [5, 5.41) is 0. The molecule has 0 heterocycles. The minimum atomic E-state index is 0.0171. The quantitative estimate of drug-likeness (QED) is 0.351. The first-order chi connectivity index (χ1) is 6.85. The third-order valence-corrected chi connectivity index (χ3v) is 4.04. The van der Waals surface area contributed by atoms with Crippen molar-refractivity contribution in [3.8, 4) is 0 Å². The highest BCUT2D eigenvalue weighted by Crippen LogP contribution is 2.03. The predicted octanol–water partition coefficient (Wildman–Crippen LogP) is 1.16. The van der Waals surface area contributed by atoms with Crippen LogP contribution in [0.2, 0.25) is 6.04 Å². The van der Waals surface area contributed by atoms with Gasteiger partial charge in [0.1, 0.15) is 15.4 Å². The SMILES string of the molecule is CCOC(OCC)[Si]CCSCCN. The molecule has 0 bridgehead atoms. The van der Waals surface area contributed by atoms with Gasteiger partial charge in [-0.3, -0.25) is 0 Å². The van der Waals surface area contributed by atoms with Gasteiger partial charge in [-0.2, -0.15) is 11.8 Å². The van der Waals surface area contributed by atoms with Gasteiger partial charge in [-0.25, -0.2) is 0 Å². The van der Waals surface area contributed by atoms with Crippen LogP contribution in [-0.2, 0) is 9.47 Å². The second kappa shape index (κ2) is 11.5. The zero-order chi connectivity index (χ0) is 10.6. The molecule has 5 heteroatoms. The van der Waals surface area contributed by atoms with Crippen LogP contribution in [0.3, 0.4) is 0 Å². The maximum absolute atomic E-state index is 5.45. The second-order valence-electron chi connectivity index (χ2n) is 2.60. The minimum absolute atomic E-state index is 0.0171. The Kier molecular flexibility index (Phi) is 11.9. The highest BCUT2D eigenvalue weighted by Gasteiger charge is 2.07. The molecule has 0 aliphatic heterocycles. The maximum atomic E-state index is 5.45. The summed E-state index contributed by atoms with van der Waals surface area (Å²) in [6.45, 7) is 6.23. The van der Waals surface area contributed by atoms with E-state index in [9.17, 15) is 0 Å². The first kappa shape index (κ1) is 14.4. The topological polar surface area (TPSA) is 44.5 Å². The van der Waals surface area contributed by atoms with Crippen LogP contribution in [0.5, 0.6) is 0 Å². The molecule has 0 saturated carbocycles. The molecule has 2 radical (unpaired) electrons. The van der Waals surface area contributed by atoms with Crippen molar-refractivity contribution in [1.29, 1.82) is 0 Å². The zero-order valence-corrected chi connectivity index (χ0v) is 10.9. The molecule has 0 aliphatic carbocycles. The van der Waals surface area contributed by atoms with Crippen LogP contribution in [0.25, 0.3) is 0 Å². The molecule has 0 spiro atoms. The summed E-state index contributed by atoms with van der Waals surface area (Å²) in [6.07, 6.45) is 0. The number of hydrogen-bond acceptors (Lipinski definition) is 4. The molecule has 0 unspecified atom stereocenters. The summed E-state index contributed by atoms with van der Waals surface area (Å²) < 4.78 is 10.9. The van der Waals surface area contributed by atoms with E-state index in [1.165, 1.54) is 0 Å². The van der Waals surface area contributed by atoms with Gasteiger partial charge < -0.3 is 15.2 Å². The van der Waals surface area contributed by atoms with E-state index in [2.05, 4.69) is 0 Å². The minimum Gasteiger partial charge on any atom is -0.357 e. The van der Waals surface area contributed by atoms with Crippen molar-refractivity contribution in [2.75, 3.05) is 31.3 Å². The molecule has 0 amide bonds. The van der Waals surface area contributed by atoms with E-state index in [1.807, 2.05) is 25.6 Å². The fourth-order valence-corrected chi connectivity index (χ4v) is 3.13. The van der Waals surface area contributed by atoms with E-state index in [0.717, 1.165) is 46.8 Å². The zero-order valence-electron chi connectivity index (χ0n) is 9.12. The Hall–Kier alpha value is 0.447. The highest BCUT2D eigenvalue weighted by molar-refractivity contribution is 7.99. The lowest BCUT2D eigenvalue weighted by atomic mass is 10.8. The van der Waals surface area contributed by atoms with Gasteiger partial charge in [0.25, 0.3) is 0 Å².